The zero-order chi connectivity index (χ0) is 15.2. The van der Waals surface area contributed by atoms with Crippen LogP contribution < -0.4 is 0 Å². The van der Waals surface area contributed by atoms with Crippen LogP contribution in [0.4, 0.5) is 0 Å². The van der Waals surface area contributed by atoms with Gasteiger partial charge in [-0.25, -0.2) is 0 Å². The normalized spacial score (nSPS) is 16.1. The highest BCUT2D eigenvalue weighted by molar-refractivity contribution is 4.69. The quantitative estimate of drug-likeness (QED) is 0.307. The Bertz CT molecular complexity index is 184. The molecule has 0 rings (SSSR count). The fraction of sp³-hybridized carbons (Fsp3) is 1.00. The third-order valence-electron chi connectivity index (χ3n) is 4.96. The van der Waals surface area contributed by atoms with Gasteiger partial charge in [-0.2, -0.15) is 0 Å². The van der Waals surface area contributed by atoms with Gasteiger partial charge in [-0.05, 0) is 30.6 Å². The first-order chi connectivity index (χ1) is 9.67. The molecule has 0 heterocycles. The minimum absolute atomic E-state index is 0.945. The van der Waals surface area contributed by atoms with E-state index in [1.165, 1.54) is 77.0 Å². The van der Waals surface area contributed by atoms with Gasteiger partial charge in [-0.1, -0.05) is 98.8 Å². The Kier molecular flexibility index (Phi) is 14.0. The van der Waals surface area contributed by atoms with Gasteiger partial charge in [0.1, 0.15) is 0 Å². The van der Waals surface area contributed by atoms with Crippen LogP contribution in [-0.2, 0) is 0 Å². The average Bonchev–Trinajstić information content (AvgIpc) is 2.46. The van der Waals surface area contributed by atoms with Crippen molar-refractivity contribution in [3.8, 4) is 0 Å². The van der Waals surface area contributed by atoms with Gasteiger partial charge < -0.3 is 0 Å². The monoisotopic (exact) mass is 282 g/mol. The molecule has 3 unspecified atom stereocenters. The Labute approximate surface area is 130 Å². The van der Waals surface area contributed by atoms with Gasteiger partial charge in [0.15, 0.2) is 0 Å². The second kappa shape index (κ2) is 14.0. The molecule has 0 bridgehead atoms. The number of hydrogen-bond donors (Lipinski definition) is 0. The molecular weight excluding hydrogens is 240 g/mol. The van der Waals surface area contributed by atoms with Crippen molar-refractivity contribution >= 4 is 0 Å². The van der Waals surface area contributed by atoms with E-state index in [2.05, 4.69) is 34.6 Å². The lowest BCUT2D eigenvalue weighted by molar-refractivity contribution is 0.267. The summed E-state index contributed by atoms with van der Waals surface area (Å²) in [6.45, 7) is 11.9. The molecule has 3 atom stereocenters. The highest BCUT2D eigenvalue weighted by Gasteiger charge is 2.17. The Morgan fingerprint density at radius 3 is 1.60 bits per heavy atom. The third-order valence-corrected chi connectivity index (χ3v) is 4.96. The molecule has 0 aromatic rings. The molecule has 0 aliphatic rings. The Balaban J connectivity index is 4.22. The lowest BCUT2D eigenvalue weighted by Gasteiger charge is -2.25. The predicted octanol–water partition coefficient (Wildman–Crippen LogP) is 7.62. The van der Waals surface area contributed by atoms with Crippen LogP contribution in [-0.4, -0.2) is 0 Å². The maximum absolute atomic E-state index is 2.49. The molecular formula is C20H42. The van der Waals surface area contributed by atoms with Gasteiger partial charge in [-0.3, -0.25) is 0 Å². The van der Waals surface area contributed by atoms with E-state index >= 15 is 0 Å². The van der Waals surface area contributed by atoms with Crippen LogP contribution in [0, 0.1) is 17.8 Å². The zero-order valence-electron chi connectivity index (χ0n) is 15.2. The van der Waals surface area contributed by atoms with Gasteiger partial charge in [0.25, 0.3) is 0 Å². The van der Waals surface area contributed by atoms with Crippen LogP contribution >= 0.6 is 0 Å². The molecule has 0 radical (unpaired) electrons. The first-order valence-corrected chi connectivity index (χ1v) is 9.67. The van der Waals surface area contributed by atoms with E-state index in [0.29, 0.717) is 0 Å². The fourth-order valence-electron chi connectivity index (χ4n) is 3.52. The maximum Gasteiger partial charge on any atom is -0.0409 e. The summed E-state index contributed by atoms with van der Waals surface area (Å²) >= 11 is 0. The van der Waals surface area contributed by atoms with E-state index in [1.54, 1.807) is 0 Å². The van der Waals surface area contributed by atoms with Crippen molar-refractivity contribution in [1.29, 1.82) is 0 Å². The van der Waals surface area contributed by atoms with Crippen molar-refractivity contribution < 1.29 is 0 Å². The van der Waals surface area contributed by atoms with E-state index in [0.717, 1.165) is 17.8 Å². The summed E-state index contributed by atoms with van der Waals surface area (Å²) < 4.78 is 0. The highest BCUT2D eigenvalue weighted by atomic mass is 14.2. The third kappa shape index (κ3) is 10.7. The lowest BCUT2D eigenvalue weighted by atomic mass is 9.81. The lowest BCUT2D eigenvalue weighted by Crippen LogP contribution is -2.12. The molecule has 122 valence electrons. The van der Waals surface area contributed by atoms with Crippen LogP contribution in [0.1, 0.15) is 112 Å². The topological polar surface area (TPSA) is 0 Å². The smallest absolute Gasteiger partial charge is 0.0409 e. The van der Waals surface area contributed by atoms with Gasteiger partial charge in [0, 0.05) is 0 Å². The molecule has 0 aromatic carbocycles. The van der Waals surface area contributed by atoms with Crippen LogP contribution in [0.15, 0.2) is 0 Å². The second-order valence-corrected chi connectivity index (χ2v) is 7.14. The van der Waals surface area contributed by atoms with Crippen molar-refractivity contribution in [3.05, 3.63) is 0 Å². The van der Waals surface area contributed by atoms with Crippen LogP contribution in [0.3, 0.4) is 0 Å². The first-order valence-electron chi connectivity index (χ1n) is 9.67. The molecule has 20 heavy (non-hydrogen) atoms. The summed E-state index contributed by atoms with van der Waals surface area (Å²) in [6.07, 6.45) is 17.2. The van der Waals surface area contributed by atoms with Crippen LogP contribution in [0.25, 0.3) is 0 Å². The second-order valence-electron chi connectivity index (χ2n) is 7.14. The minimum Gasteiger partial charge on any atom is -0.0654 e. The Hall–Kier alpha value is 0. The molecule has 0 spiro atoms. The SMILES string of the molecule is CCCCC(C)CC(CCCC)CC(CC)CCCC. The van der Waals surface area contributed by atoms with E-state index in [1.807, 2.05) is 0 Å². The van der Waals surface area contributed by atoms with Crippen molar-refractivity contribution in [3.63, 3.8) is 0 Å². The van der Waals surface area contributed by atoms with Crippen molar-refractivity contribution in [2.24, 2.45) is 17.8 Å². The Morgan fingerprint density at radius 1 is 0.600 bits per heavy atom. The summed E-state index contributed by atoms with van der Waals surface area (Å²) in [5, 5.41) is 0. The molecule has 0 aliphatic carbocycles. The van der Waals surface area contributed by atoms with Gasteiger partial charge in [0.05, 0.1) is 0 Å². The average molecular weight is 283 g/mol. The van der Waals surface area contributed by atoms with Crippen LogP contribution in [0.5, 0.6) is 0 Å². The van der Waals surface area contributed by atoms with Crippen LogP contribution in [0.2, 0.25) is 0 Å². The Morgan fingerprint density at radius 2 is 1.10 bits per heavy atom. The summed E-state index contributed by atoms with van der Waals surface area (Å²) in [5.41, 5.74) is 0. The minimum atomic E-state index is 0.945. The predicted molar refractivity (Wildman–Crippen MR) is 94.2 cm³/mol. The zero-order valence-corrected chi connectivity index (χ0v) is 15.2. The highest BCUT2D eigenvalue weighted by Crippen LogP contribution is 2.30. The number of hydrogen-bond acceptors (Lipinski definition) is 0. The molecule has 0 aliphatic heterocycles. The molecule has 0 fully saturated rings. The summed E-state index contributed by atoms with van der Waals surface area (Å²) in [6, 6.07) is 0. The number of rotatable bonds is 14. The largest absolute Gasteiger partial charge is 0.0654 e. The van der Waals surface area contributed by atoms with Crippen molar-refractivity contribution in [2.45, 2.75) is 112 Å². The van der Waals surface area contributed by atoms with E-state index in [9.17, 15) is 0 Å². The van der Waals surface area contributed by atoms with E-state index < -0.39 is 0 Å². The molecule has 0 nitrogen and oxygen atoms in total. The molecule has 0 saturated heterocycles. The van der Waals surface area contributed by atoms with Crippen molar-refractivity contribution in [1.82, 2.24) is 0 Å². The molecule has 0 heteroatoms. The van der Waals surface area contributed by atoms with E-state index in [-0.39, 0.29) is 0 Å². The fourth-order valence-corrected chi connectivity index (χ4v) is 3.52. The van der Waals surface area contributed by atoms with Gasteiger partial charge in [-0.15, -0.1) is 0 Å². The maximum atomic E-state index is 2.49. The van der Waals surface area contributed by atoms with Gasteiger partial charge >= 0.3 is 0 Å². The molecule has 0 amide bonds. The van der Waals surface area contributed by atoms with Crippen molar-refractivity contribution in [2.75, 3.05) is 0 Å². The summed E-state index contributed by atoms with van der Waals surface area (Å²) in [4.78, 5) is 0. The van der Waals surface area contributed by atoms with Gasteiger partial charge in [0.2, 0.25) is 0 Å². The summed E-state index contributed by atoms with van der Waals surface area (Å²) in [5.74, 6) is 2.94. The molecule has 0 saturated carbocycles. The van der Waals surface area contributed by atoms with E-state index in [4.69, 9.17) is 0 Å². The summed E-state index contributed by atoms with van der Waals surface area (Å²) in [7, 11) is 0. The molecule has 0 N–H and O–H groups in total. The first kappa shape index (κ1) is 20.0. The standard InChI is InChI=1S/C20H42/c1-6-10-13-18(5)16-20(15-12-8-3)17-19(9-4)14-11-7-2/h18-20H,6-17H2,1-5H3. The number of unbranched alkanes of at least 4 members (excludes halogenated alkanes) is 3. The molecule has 0 aromatic heterocycles.